The van der Waals surface area contributed by atoms with E-state index in [4.69, 9.17) is 4.98 Å². The number of alkyl halides is 3. The van der Waals surface area contributed by atoms with E-state index >= 15 is 0 Å². The van der Waals surface area contributed by atoms with Gasteiger partial charge in [0.05, 0.1) is 5.92 Å². The highest BCUT2D eigenvalue weighted by atomic mass is 19.4. The number of aliphatic carboxylic acids is 1. The van der Waals surface area contributed by atoms with Crippen LogP contribution in [-0.4, -0.2) is 75.6 Å². The molecule has 206 valence electrons. The fourth-order valence-corrected chi connectivity index (χ4v) is 4.78. The van der Waals surface area contributed by atoms with Gasteiger partial charge in [0.1, 0.15) is 29.7 Å². The molecule has 0 aliphatic carbocycles. The van der Waals surface area contributed by atoms with Gasteiger partial charge in [-0.3, -0.25) is 4.79 Å². The van der Waals surface area contributed by atoms with Gasteiger partial charge in [-0.25, -0.2) is 19.7 Å². The van der Waals surface area contributed by atoms with Crippen LogP contribution in [0.4, 0.5) is 24.8 Å². The molecule has 1 fully saturated rings. The summed E-state index contributed by atoms with van der Waals surface area (Å²) in [6, 6.07) is 3.50. The second kappa shape index (κ2) is 12.4. The van der Waals surface area contributed by atoms with Crippen molar-refractivity contribution in [1.29, 1.82) is 0 Å². The lowest BCUT2D eigenvalue weighted by atomic mass is 9.96. The Morgan fingerprint density at radius 2 is 2.08 bits per heavy atom. The monoisotopic (exact) mass is 535 g/mol. The van der Waals surface area contributed by atoms with Crippen LogP contribution in [0.1, 0.15) is 42.6 Å². The minimum absolute atomic E-state index is 0.274. The molecule has 1 unspecified atom stereocenters. The van der Waals surface area contributed by atoms with Gasteiger partial charge in [-0.2, -0.15) is 13.2 Å². The number of aryl methyl sites for hydroxylation is 2. The number of piperidine rings is 1. The summed E-state index contributed by atoms with van der Waals surface area (Å²) in [5.41, 5.74) is 1.11. The molecule has 0 bridgehead atoms. The van der Waals surface area contributed by atoms with Crippen LogP contribution in [0.3, 0.4) is 0 Å². The smallest absolute Gasteiger partial charge is 0.433 e. The van der Waals surface area contributed by atoms with Gasteiger partial charge in [0.25, 0.3) is 0 Å². The Kier molecular flexibility index (Phi) is 8.97. The molecule has 4 N–H and O–H groups in total. The van der Waals surface area contributed by atoms with Crippen molar-refractivity contribution in [1.82, 2.24) is 25.2 Å². The van der Waals surface area contributed by atoms with Gasteiger partial charge >= 0.3 is 12.1 Å². The minimum atomic E-state index is -4.69. The lowest BCUT2D eigenvalue weighted by molar-refractivity contribution is -0.141. The van der Waals surface area contributed by atoms with Crippen LogP contribution in [0, 0.1) is 5.92 Å². The Hall–Kier alpha value is -3.48. The van der Waals surface area contributed by atoms with Crippen molar-refractivity contribution >= 4 is 23.5 Å². The molecule has 10 nitrogen and oxygen atoms in total. The van der Waals surface area contributed by atoms with Crippen molar-refractivity contribution in [3.63, 3.8) is 0 Å². The van der Waals surface area contributed by atoms with Gasteiger partial charge in [0, 0.05) is 31.4 Å². The standard InChI is InChI=1S/C25H32F3N7O3/c26-25(27,28)20-12-21(32-15-31-20)34-19(24(37)38)13-30-23(36)17-5-2-10-35(14-17)11-3-6-18-8-7-16-4-1-9-29-22(16)33-18/h7-8,12,15,17,19H,1-6,9-11,13-14H2,(H,29,33)(H,30,36)(H,37,38)(H,31,32,34)/t17-,19?/m1/s1. The minimum Gasteiger partial charge on any atom is -0.480 e. The van der Waals surface area contributed by atoms with Gasteiger partial charge in [-0.15, -0.1) is 0 Å². The molecule has 4 heterocycles. The normalized spacial score (nSPS) is 18.7. The van der Waals surface area contributed by atoms with E-state index in [0.29, 0.717) is 25.4 Å². The maximum atomic E-state index is 12.9. The number of carboxylic acids is 1. The molecular weight excluding hydrogens is 503 g/mol. The average molecular weight is 536 g/mol. The number of halogens is 3. The second-order valence-corrected chi connectivity index (χ2v) is 9.65. The summed E-state index contributed by atoms with van der Waals surface area (Å²) in [6.45, 7) is 2.93. The molecule has 0 radical (unpaired) electrons. The van der Waals surface area contributed by atoms with E-state index < -0.39 is 23.9 Å². The van der Waals surface area contributed by atoms with Gasteiger partial charge in [0.15, 0.2) is 0 Å². The Bertz CT molecular complexity index is 1130. The fraction of sp³-hybridized carbons (Fsp3) is 0.560. The average Bonchev–Trinajstić information content (AvgIpc) is 2.90. The number of pyridine rings is 1. The van der Waals surface area contributed by atoms with E-state index in [1.807, 2.05) is 0 Å². The SMILES string of the molecule is O=C(O)C(CNC(=O)[C@@H]1CCCN(CCCc2ccc3c(n2)NCCC3)C1)Nc1cc(C(F)(F)F)ncn1. The molecule has 2 aromatic heterocycles. The van der Waals surface area contributed by atoms with Gasteiger partial charge in [-0.05, 0) is 63.2 Å². The number of carbonyl (C=O) groups excluding carboxylic acids is 1. The Morgan fingerprint density at radius 1 is 1.24 bits per heavy atom. The zero-order chi connectivity index (χ0) is 27.1. The summed E-state index contributed by atoms with van der Waals surface area (Å²) < 4.78 is 38.6. The number of carbonyl (C=O) groups is 2. The number of nitrogens with one attached hydrogen (secondary N) is 3. The van der Waals surface area contributed by atoms with Gasteiger partial charge in [-0.1, -0.05) is 6.07 Å². The Balaban J connectivity index is 1.23. The van der Waals surface area contributed by atoms with Crippen molar-refractivity contribution in [2.75, 3.05) is 43.4 Å². The van der Waals surface area contributed by atoms with Crippen molar-refractivity contribution in [2.45, 2.75) is 50.7 Å². The molecule has 1 amide bonds. The quantitative estimate of drug-likeness (QED) is 0.362. The molecule has 2 aromatic rings. The fourth-order valence-electron chi connectivity index (χ4n) is 4.78. The number of aromatic nitrogens is 3. The molecular formula is C25H32F3N7O3. The van der Waals surface area contributed by atoms with E-state index in [0.717, 1.165) is 63.3 Å². The number of nitrogens with zero attached hydrogens (tertiary/aromatic N) is 4. The summed E-state index contributed by atoms with van der Waals surface area (Å²) in [6.07, 6.45) is 1.47. The van der Waals surface area contributed by atoms with Crippen LogP contribution in [0.15, 0.2) is 24.5 Å². The Labute approximate surface area is 218 Å². The van der Waals surface area contributed by atoms with Crippen LogP contribution in [0.5, 0.6) is 0 Å². The predicted octanol–water partition coefficient (Wildman–Crippen LogP) is 2.57. The molecule has 4 rings (SSSR count). The lowest BCUT2D eigenvalue weighted by Crippen LogP contribution is -2.47. The molecule has 2 atom stereocenters. The first-order valence-electron chi connectivity index (χ1n) is 12.8. The number of fused-ring (bicyclic) bond motifs is 1. The van der Waals surface area contributed by atoms with Crippen molar-refractivity contribution < 1.29 is 27.9 Å². The third-order valence-electron chi connectivity index (χ3n) is 6.79. The molecule has 2 aliphatic rings. The highest BCUT2D eigenvalue weighted by Gasteiger charge is 2.33. The van der Waals surface area contributed by atoms with E-state index in [1.54, 1.807) is 0 Å². The number of hydrogen-bond acceptors (Lipinski definition) is 8. The maximum Gasteiger partial charge on any atom is 0.433 e. The zero-order valence-corrected chi connectivity index (χ0v) is 20.9. The topological polar surface area (TPSA) is 132 Å². The maximum absolute atomic E-state index is 12.9. The number of likely N-dealkylation sites (tertiary alicyclic amines) is 1. The van der Waals surface area contributed by atoms with Crippen molar-refractivity contribution in [2.24, 2.45) is 5.92 Å². The molecule has 13 heteroatoms. The lowest BCUT2D eigenvalue weighted by Gasteiger charge is -2.32. The first kappa shape index (κ1) is 27.6. The number of rotatable bonds is 10. The molecule has 1 saturated heterocycles. The second-order valence-electron chi connectivity index (χ2n) is 9.65. The summed E-state index contributed by atoms with van der Waals surface area (Å²) >= 11 is 0. The number of amides is 1. The zero-order valence-electron chi connectivity index (χ0n) is 20.9. The van der Waals surface area contributed by atoms with Crippen LogP contribution in [0.2, 0.25) is 0 Å². The van der Waals surface area contributed by atoms with Gasteiger partial charge < -0.3 is 26.0 Å². The first-order chi connectivity index (χ1) is 18.2. The first-order valence-corrected chi connectivity index (χ1v) is 12.8. The third kappa shape index (κ3) is 7.53. The summed E-state index contributed by atoms with van der Waals surface area (Å²) in [5.74, 6) is -1.20. The van der Waals surface area contributed by atoms with Crippen molar-refractivity contribution in [3.05, 3.63) is 41.5 Å². The van der Waals surface area contributed by atoms with Crippen LogP contribution < -0.4 is 16.0 Å². The van der Waals surface area contributed by atoms with E-state index in [-0.39, 0.29) is 24.2 Å². The highest BCUT2D eigenvalue weighted by molar-refractivity contribution is 5.81. The number of hydrogen-bond donors (Lipinski definition) is 4. The largest absolute Gasteiger partial charge is 0.480 e. The van der Waals surface area contributed by atoms with E-state index in [1.165, 1.54) is 5.56 Å². The van der Waals surface area contributed by atoms with Crippen LogP contribution >= 0.6 is 0 Å². The van der Waals surface area contributed by atoms with Crippen LogP contribution in [0.25, 0.3) is 0 Å². The van der Waals surface area contributed by atoms with E-state index in [9.17, 15) is 27.9 Å². The summed E-state index contributed by atoms with van der Waals surface area (Å²) in [5, 5.41) is 17.9. The summed E-state index contributed by atoms with van der Waals surface area (Å²) in [4.78, 5) is 38.2. The molecule has 38 heavy (non-hydrogen) atoms. The summed E-state index contributed by atoms with van der Waals surface area (Å²) in [7, 11) is 0. The Morgan fingerprint density at radius 3 is 2.87 bits per heavy atom. The number of anilines is 2. The van der Waals surface area contributed by atoms with Crippen LogP contribution in [-0.2, 0) is 28.6 Å². The van der Waals surface area contributed by atoms with Crippen molar-refractivity contribution in [3.8, 4) is 0 Å². The number of carboxylic acid groups (broad SMARTS) is 1. The molecule has 2 aliphatic heterocycles. The third-order valence-corrected chi connectivity index (χ3v) is 6.79. The molecule has 0 spiro atoms. The molecule has 0 aromatic carbocycles. The predicted molar refractivity (Wildman–Crippen MR) is 134 cm³/mol. The highest BCUT2D eigenvalue weighted by Crippen LogP contribution is 2.28. The van der Waals surface area contributed by atoms with E-state index in [2.05, 4.69) is 43.0 Å². The van der Waals surface area contributed by atoms with Gasteiger partial charge in [0.2, 0.25) is 5.91 Å². The molecule has 0 saturated carbocycles.